The van der Waals surface area contributed by atoms with Crippen LogP contribution in [0.2, 0.25) is 0 Å². The van der Waals surface area contributed by atoms with E-state index >= 15 is 0 Å². The van der Waals surface area contributed by atoms with Gasteiger partial charge in [0.15, 0.2) is 0 Å². The summed E-state index contributed by atoms with van der Waals surface area (Å²) in [4.78, 5) is 21.7. The number of carbonyl (C=O) groups excluding carboxylic acids is 1. The van der Waals surface area contributed by atoms with Gasteiger partial charge < -0.3 is 9.88 Å². The zero-order valence-corrected chi connectivity index (χ0v) is 11.5. The molecule has 4 nitrogen and oxygen atoms in total. The minimum atomic E-state index is 0.325. The number of rotatable bonds is 3. The largest absolute Gasteiger partial charge is 0.347 e. The molecule has 1 aromatic rings. The van der Waals surface area contributed by atoms with E-state index < -0.39 is 0 Å². The number of amides is 1. The molecule has 1 amide bonds. The molecule has 1 N–H and O–H groups in total. The van der Waals surface area contributed by atoms with Crippen molar-refractivity contribution in [2.75, 3.05) is 6.54 Å². The van der Waals surface area contributed by atoms with Crippen molar-refractivity contribution < 1.29 is 4.79 Å². The summed E-state index contributed by atoms with van der Waals surface area (Å²) in [5, 5.41) is 0. The Hall–Kier alpha value is -1.32. The van der Waals surface area contributed by atoms with E-state index in [-0.39, 0.29) is 0 Å². The molecule has 19 heavy (non-hydrogen) atoms. The summed E-state index contributed by atoms with van der Waals surface area (Å²) in [7, 11) is 0. The normalized spacial score (nSPS) is 20.3. The lowest BCUT2D eigenvalue weighted by molar-refractivity contribution is -0.132. The highest BCUT2D eigenvalue weighted by Gasteiger charge is 2.23. The van der Waals surface area contributed by atoms with Crippen LogP contribution in [0, 0.1) is 5.92 Å². The van der Waals surface area contributed by atoms with Gasteiger partial charge in [0.25, 0.3) is 0 Å². The van der Waals surface area contributed by atoms with Crippen molar-refractivity contribution in [2.45, 2.75) is 57.9 Å². The molecule has 0 saturated heterocycles. The Labute approximate surface area is 114 Å². The van der Waals surface area contributed by atoms with Crippen LogP contribution < -0.4 is 0 Å². The predicted octanol–water partition coefficient (Wildman–Crippen LogP) is 2.65. The Bertz CT molecular complexity index is 434. The van der Waals surface area contributed by atoms with E-state index in [1.807, 2.05) is 4.90 Å². The molecule has 3 rings (SSSR count). The van der Waals surface area contributed by atoms with Gasteiger partial charge >= 0.3 is 0 Å². The summed E-state index contributed by atoms with van der Waals surface area (Å²) in [6, 6.07) is 0. The highest BCUT2D eigenvalue weighted by molar-refractivity contribution is 5.76. The summed E-state index contributed by atoms with van der Waals surface area (Å²) in [6.45, 7) is 1.56. The summed E-state index contributed by atoms with van der Waals surface area (Å²) >= 11 is 0. The van der Waals surface area contributed by atoms with Crippen molar-refractivity contribution >= 4 is 5.91 Å². The smallest absolute Gasteiger partial charge is 0.222 e. The lowest BCUT2D eigenvalue weighted by Gasteiger charge is -2.27. The number of hydrogen-bond donors (Lipinski definition) is 1. The number of nitrogens with zero attached hydrogens (tertiary/aromatic N) is 2. The van der Waals surface area contributed by atoms with E-state index in [4.69, 9.17) is 0 Å². The molecule has 1 fully saturated rings. The first kappa shape index (κ1) is 12.7. The Kier molecular flexibility index (Phi) is 3.85. The maximum Gasteiger partial charge on any atom is 0.222 e. The van der Waals surface area contributed by atoms with Crippen LogP contribution >= 0.6 is 0 Å². The Balaban J connectivity index is 1.48. The second-order valence-electron chi connectivity index (χ2n) is 5.94. The molecule has 0 aromatic carbocycles. The van der Waals surface area contributed by atoms with Gasteiger partial charge in [0.2, 0.25) is 5.91 Å². The quantitative estimate of drug-likeness (QED) is 0.909. The first-order chi connectivity index (χ1) is 9.33. The van der Waals surface area contributed by atoms with Gasteiger partial charge in [-0.2, -0.15) is 0 Å². The van der Waals surface area contributed by atoms with Gasteiger partial charge in [0.1, 0.15) is 0 Å². The fourth-order valence-corrected chi connectivity index (χ4v) is 3.39. The third-order valence-corrected chi connectivity index (χ3v) is 4.62. The second kappa shape index (κ2) is 5.76. The van der Waals surface area contributed by atoms with Gasteiger partial charge in [-0.25, -0.2) is 4.98 Å². The highest BCUT2D eigenvalue weighted by Crippen LogP contribution is 2.27. The maximum atomic E-state index is 12.3. The Morgan fingerprint density at radius 2 is 2.21 bits per heavy atom. The second-order valence-corrected chi connectivity index (χ2v) is 5.94. The van der Waals surface area contributed by atoms with E-state index in [1.54, 1.807) is 6.33 Å². The molecular formula is C15H23N3O. The van der Waals surface area contributed by atoms with Crippen LogP contribution in [0.1, 0.15) is 56.3 Å². The molecule has 2 aliphatic rings. The van der Waals surface area contributed by atoms with Crippen molar-refractivity contribution in [3.05, 3.63) is 17.7 Å². The van der Waals surface area contributed by atoms with Crippen molar-refractivity contribution in [1.82, 2.24) is 14.9 Å². The van der Waals surface area contributed by atoms with Crippen LogP contribution in [0.15, 0.2) is 6.33 Å². The number of aromatic amines is 1. The molecule has 1 aliphatic carbocycles. The van der Waals surface area contributed by atoms with Gasteiger partial charge in [-0.05, 0) is 12.3 Å². The van der Waals surface area contributed by atoms with Crippen LogP contribution in [0.5, 0.6) is 0 Å². The summed E-state index contributed by atoms with van der Waals surface area (Å²) in [6.07, 6.45) is 11.2. The van der Waals surface area contributed by atoms with Crippen LogP contribution in [0.25, 0.3) is 0 Å². The number of H-pyrrole nitrogens is 1. The van der Waals surface area contributed by atoms with E-state index in [9.17, 15) is 4.79 Å². The lowest BCUT2D eigenvalue weighted by atomic mass is 9.86. The van der Waals surface area contributed by atoms with Crippen LogP contribution in [0.3, 0.4) is 0 Å². The molecule has 0 unspecified atom stereocenters. The topological polar surface area (TPSA) is 49.0 Å². The van der Waals surface area contributed by atoms with Crippen LogP contribution in [-0.4, -0.2) is 27.3 Å². The van der Waals surface area contributed by atoms with Gasteiger partial charge in [0, 0.05) is 19.4 Å². The number of nitrogens with one attached hydrogen (secondary N) is 1. The molecule has 4 heteroatoms. The molecular weight excluding hydrogens is 238 g/mol. The van der Waals surface area contributed by atoms with Gasteiger partial charge in [-0.15, -0.1) is 0 Å². The number of hydrogen-bond acceptors (Lipinski definition) is 2. The highest BCUT2D eigenvalue weighted by atomic mass is 16.2. The number of fused-ring (bicyclic) bond motifs is 1. The van der Waals surface area contributed by atoms with E-state index in [2.05, 4.69) is 9.97 Å². The van der Waals surface area contributed by atoms with E-state index in [1.165, 1.54) is 32.1 Å². The fourth-order valence-electron chi connectivity index (χ4n) is 3.39. The first-order valence-corrected chi connectivity index (χ1v) is 7.62. The minimum absolute atomic E-state index is 0.325. The molecule has 2 heterocycles. The Morgan fingerprint density at radius 3 is 3.05 bits per heavy atom. The molecule has 0 spiro atoms. The third kappa shape index (κ3) is 2.99. The zero-order chi connectivity index (χ0) is 13.1. The van der Waals surface area contributed by atoms with Crippen LogP contribution in [-0.2, 0) is 17.8 Å². The Morgan fingerprint density at radius 1 is 1.37 bits per heavy atom. The molecule has 0 atom stereocenters. The predicted molar refractivity (Wildman–Crippen MR) is 73.5 cm³/mol. The van der Waals surface area contributed by atoms with Crippen LogP contribution in [0.4, 0.5) is 0 Å². The van der Waals surface area contributed by atoms with Crippen molar-refractivity contribution in [2.24, 2.45) is 5.92 Å². The number of aromatic nitrogens is 2. The molecule has 1 aliphatic heterocycles. The van der Waals surface area contributed by atoms with Crippen molar-refractivity contribution in [3.8, 4) is 0 Å². The molecule has 104 valence electrons. The molecule has 1 saturated carbocycles. The SMILES string of the molecule is O=C(CCC1CCCCC1)N1CCc2nc[nH]c2C1. The molecule has 0 radical (unpaired) electrons. The summed E-state index contributed by atoms with van der Waals surface area (Å²) < 4.78 is 0. The standard InChI is InChI=1S/C15H23N3O/c19-15(7-6-12-4-2-1-3-5-12)18-9-8-13-14(10-18)17-11-16-13/h11-12H,1-10H2,(H,16,17). The average molecular weight is 261 g/mol. The summed E-state index contributed by atoms with van der Waals surface area (Å²) in [5.41, 5.74) is 2.26. The first-order valence-electron chi connectivity index (χ1n) is 7.62. The number of imidazole rings is 1. The summed E-state index contributed by atoms with van der Waals surface area (Å²) in [5.74, 6) is 1.12. The third-order valence-electron chi connectivity index (χ3n) is 4.62. The van der Waals surface area contributed by atoms with Crippen molar-refractivity contribution in [1.29, 1.82) is 0 Å². The van der Waals surface area contributed by atoms with Gasteiger partial charge in [-0.1, -0.05) is 32.1 Å². The number of carbonyl (C=O) groups is 1. The fraction of sp³-hybridized carbons (Fsp3) is 0.733. The zero-order valence-electron chi connectivity index (χ0n) is 11.5. The maximum absolute atomic E-state index is 12.3. The average Bonchev–Trinajstić information content (AvgIpc) is 2.93. The molecule has 0 bridgehead atoms. The van der Waals surface area contributed by atoms with Crippen molar-refractivity contribution in [3.63, 3.8) is 0 Å². The van der Waals surface area contributed by atoms with Gasteiger partial charge in [0.05, 0.1) is 24.3 Å². The minimum Gasteiger partial charge on any atom is -0.347 e. The van der Waals surface area contributed by atoms with E-state index in [0.717, 1.165) is 49.7 Å². The molecule has 1 aromatic heterocycles. The lowest BCUT2D eigenvalue weighted by Crippen LogP contribution is -2.36. The van der Waals surface area contributed by atoms with Gasteiger partial charge in [-0.3, -0.25) is 4.79 Å². The van der Waals surface area contributed by atoms with E-state index in [0.29, 0.717) is 5.91 Å². The monoisotopic (exact) mass is 261 g/mol.